The Morgan fingerprint density at radius 2 is 1.90 bits per heavy atom. The second kappa shape index (κ2) is 5.60. The van der Waals surface area contributed by atoms with Gasteiger partial charge in [0.15, 0.2) is 0 Å². The number of carbonyl (C=O) groups excluding carboxylic acids is 2. The van der Waals surface area contributed by atoms with E-state index in [9.17, 15) is 9.59 Å². The number of hydrogen-bond donors (Lipinski definition) is 1. The molecule has 1 atom stereocenters. The molecule has 114 valence electrons. The molecule has 2 aliphatic heterocycles. The zero-order valence-corrected chi connectivity index (χ0v) is 12.8. The Kier molecular flexibility index (Phi) is 4.22. The van der Waals surface area contributed by atoms with Crippen molar-refractivity contribution >= 4 is 12.0 Å². The van der Waals surface area contributed by atoms with Gasteiger partial charge in [-0.1, -0.05) is 0 Å². The van der Waals surface area contributed by atoms with E-state index in [1.807, 2.05) is 27.8 Å². The Labute approximate surface area is 120 Å². The normalized spacial score (nSPS) is 24.6. The highest BCUT2D eigenvalue weighted by Crippen LogP contribution is 2.17. The molecular formula is C14H25N3O3. The maximum atomic E-state index is 11.8. The van der Waals surface area contributed by atoms with Gasteiger partial charge in [0.25, 0.3) is 0 Å². The highest BCUT2D eigenvalue weighted by atomic mass is 16.6. The first-order valence-corrected chi connectivity index (χ1v) is 7.22. The fraction of sp³-hybridized carbons (Fsp3) is 0.857. The number of carbonyl (C=O) groups is 2. The van der Waals surface area contributed by atoms with Crippen LogP contribution in [0.2, 0.25) is 0 Å². The molecule has 2 heterocycles. The van der Waals surface area contributed by atoms with E-state index >= 15 is 0 Å². The molecule has 0 spiro atoms. The Morgan fingerprint density at radius 3 is 2.45 bits per heavy atom. The van der Waals surface area contributed by atoms with E-state index in [1.165, 1.54) is 0 Å². The first-order chi connectivity index (χ1) is 9.24. The minimum atomic E-state index is -0.442. The molecule has 6 heteroatoms. The van der Waals surface area contributed by atoms with Crippen molar-refractivity contribution in [2.45, 2.75) is 51.3 Å². The van der Waals surface area contributed by atoms with Crippen molar-refractivity contribution in [1.82, 2.24) is 15.1 Å². The Bertz CT molecular complexity index is 386. The fourth-order valence-corrected chi connectivity index (χ4v) is 2.54. The number of ether oxygens (including phenoxy) is 1. The zero-order chi connectivity index (χ0) is 14.9. The number of nitrogens with one attached hydrogen (secondary N) is 1. The quantitative estimate of drug-likeness (QED) is 0.815. The summed E-state index contributed by atoms with van der Waals surface area (Å²) in [5, 5.41) is 3.51. The number of nitrogens with zero attached hydrogens (tertiary/aromatic N) is 2. The third kappa shape index (κ3) is 3.85. The van der Waals surface area contributed by atoms with Crippen molar-refractivity contribution in [2.24, 2.45) is 0 Å². The van der Waals surface area contributed by atoms with Crippen LogP contribution in [0, 0.1) is 0 Å². The molecule has 0 saturated carbocycles. The average Bonchev–Trinajstić information content (AvgIpc) is 2.25. The molecular weight excluding hydrogens is 258 g/mol. The molecule has 2 rings (SSSR count). The van der Waals surface area contributed by atoms with E-state index in [4.69, 9.17) is 4.74 Å². The van der Waals surface area contributed by atoms with E-state index in [1.54, 1.807) is 9.80 Å². The summed E-state index contributed by atoms with van der Waals surface area (Å²) in [7, 11) is 1.84. The molecule has 0 aromatic rings. The van der Waals surface area contributed by atoms with Gasteiger partial charge in [0, 0.05) is 45.2 Å². The number of amides is 2. The molecule has 1 N–H and O–H groups in total. The lowest BCUT2D eigenvalue weighted by Gasteiger charge is -2.43. The van der Waals surface area contributed by atoms with Crippen molar-refractivity contribution in [3.63, 3.8) is 0 Å². The van der Waals surface area contributed by atoms with Gasteiger partial charge in [-0.05, 0) is 27.2 Å². The topological polar surface area (TPSA) is 61.9 Å². The third-order valence-corrected chi connectivity index (χ3v) is 3.63. The van der Waals surface area contributed by atoms with Crippen molar-refractivity contribution in [2.75, 3.05) is 26.7 Å². The standard InChI is InChI=1S/C14H25N3O3/c1-14(2,3)20-13(19)17-8-11(9-17)15-10-5-6-12(18)16(4)7-10/h10-11,15H,5-9H2,1-4H3. The SMILES string of the molecule is CN1CC(NC2CN(C(=O)OC(C)(C)C)C2)CCC1=O. The number of piperidine rings is 1. The second-order valence-corrected chi connectivity index (χ2v) is 6.76. The van der Waals surface area contributed by atoms with Gasteiger partial charge in [-0.15, -0.1) is 0 Å². The zero-order valence-electron chi connectivity index (χ0n) is 12.8. The Hall–Kier alpha value is -1.30. The number of rotatable bonds is 2. The second-order valence-electron chi connectivity index (χ2n) is 6.76. The maximum Gasteiger partial charge on any atom is 0.410 e. The maximum absolute atomic E-state index is 11.8. The first kappa shape index (κ1) is 15.1. The number of likely N-dealkylation sites (tertiary alicyclic amines) is 2. The highest BCUT2D eigenvalue weighted by Gasteiger charge is 2.35. The van der Waals surface area contributed by atoms with Crippen LogP contribution in [0.1, 0.15) is 33.6 Å². The predicted octanol–water partition coefficient (Wildman–Crippen LogP) is 0.816. The molecule has 20 heavy (non-hydrogen) atoms. The summed E-state index contributed by atoms with van der Waals surface area (Å²) in [4.78, 5) is 26.7. The van der Waals surface area contributed by atoms with Gasteiger partial charge < -0.3 is 19.9 Å². The van der Waals surface area contributed by atoms with Gasteiger partial charge in [0.05, 0.1) is 0 Å². The van der Waals surface area contributed by atoms with Crippen LogP contribution >= 0.6 is 0 Å². The summed E-state index contributed by atoms with van der Waals surface area (Å²) >= 11 is 0. The monoisotopic (exact) mass is 283 g/mol. The fourth-order valence-electron chi connectivity index (χ4n) is 2.54. The van der Waals surface area contributed by atoms with Gasteiger partial charge in [-0.3, -0.25) is 4.79 Å². The van der Waals surface area contributed by atoms with Crippen LogP contribution in [-0.4, -0.2) is 66.2 Å². The van der Waals surface area contributed by atoms with Crippen LogP contribution in [0.25, 0.3) is 0 Å². The molecule has 0 aromatic heterocycles. The summed E-state index contributed by atoms with van der Waals surface area (Å²) < 4.78 is 5.32. The van der Waals surface area contributed by atoms with Crippen LogP contribution in [0.5, 0.6) is 0 Å². The van der Waals surface area contributed by atoms with Crippen LogP contribution in [-0.2, 0) is 9.53 Å². The lowest BCUT2D eigenvalue weighted by Crippen LogP contribution is -2.64. The largest absolute Gasteiger partial charge is 0.444 e. The predicted molar refractivity (Wildman–Crippen MR) is 75.4 cm³/mol. The van der Waals surface area contributed by atoms with Gasteiger partial charge >= 0.3 is 6.09 Å². The van der Waals surface area contributed by atoms with Crippen LogP contribution < -0.4 is 5.32 Å². The van der Waals surface area contributed by atoms with Crippen molar-refractivity contribution in [3.8, 4) is 0 Å². The van der Waals surface area contributed by atoms with Gasteiger partial charge in [-0.25, -0.2) is 4.79 Å². The average molecular weight is 283 g/mol. The molecule has 0 aliphatic carbocycles. The van der Waals surface area contributed by atoms with E-state index in [0.29, 0.717) is 31.6 Å². The van der Waals surface area contributed by atoms with Crippen molar-refractivity contribution in [1.29, 1.82) is 0 Å². The molecule has 0 aromatic carbocycles. The summed E-state index contributed by atoms with van der Waals surface area (Å²) in [6, 6.07) is 0.651. The molecule has 2 fully saturated rings. The van der Waals surface area contributed by atoms with Crippen LogP contribution in [0.3, 0.4) is 0 Å². The lowest BCUT2D eigenvalue weighted by atomic mass is 10.0. The van der Waals surface area contributed by atoms with E-state index in [-0.39, 0.29) is 12.0 Å². The summed E-state index contributed by atoms with van der Waals surface area (Å²) in [5.41, 5.74) is -0.442. The molecule has 6 nitrogen and oxygen atoms in total. The molecule has 2 aliphatic rings. The molecule has 0 radical (unpaired) electrons. The third-order valence-electron chi connectivity index (χ3n) is 3.63. The number of likely N-dealkylation sites (N-methyl/N-ethyl adjacent to an activating group) is 1. The minimum Gasteiger partial charge on any atom is -0.444 e. The van der Waals surface area contributed by atoms with E-state index < -0.39 is 5.60 Å². The van der Waals surface area contributed by atoms with Crippen molar-refractivity contribution < 1.29 is 14.3 Å². The van der Waals surface area contributed by atoms with E-state index in [2.05, 4.69) is 5.32 Å². The van der Waals surface area contributed by atoms with Gasteiger partial charge in [-0.2, -0.15) is 0 Å². The lowest BCUT2D eigenvalue weighted by molar-refractivity contribution is -0.132. The van der Waals surface area contributed by atoms with Gasteiger partial charge in [0.1, 0.15) is 5.60 Å². The Balaban J connectivity index is 1.69. The molecule has 1 unspecified atom stereocenters. The smallest absolute Gasteiger partial charge is 0.410 e. The number of hydrogen-bond acceptors (Lipinski definition) is 4. The molecule has 0 bridgehead atoms. The molecule has 2 amide bonds. The van der Waals surface area contributed by atoms with E-state index in [0.717, 1.165) is 13.0 Å². The minimum absolute atomic E-state index is 0.215. The summed E-state index contributed by atoms with van der Waals surface area (Å²) in [6.45, 7) is 7.73. The summed E-state index contributed by atoms with van der Waals surface area (Å²) in [5.74, 6) is 0.215. The summed E-state index contributed by atoms with van der Waals surface area (Å²) in [6.07, 6.45) is 1.24. The van der Waals surface area contributed by atoms with Crippen LogP contribution in [0.4, 0.5) is 4.79 Å². The Morgan fingerprint density at radius 1 is 1.25 bits per heavy atom. The first-order valence-electron chi connectivity index (χ1n) is 7.22. The van der Waals surface area contributed by atoms with Crippen molar-refractivity contribution in [3.05, 3.63) is 0 Å². The van der Waals surface area contributed by atoms with Gasteiger partial charge in [0.2, 0.25) is 5.91 Å². The highest BCUT2D eigenvalue weighted by molar-refractivity contribution is 5.76. The van der Waals surface area contributed by atoms with Crippen LogP contribution in [0.15, 0.2) is 0 Å². The molecule has 2 saturated heterocycles.